The van der Waals surface area contributed by atoms with Crippen molar-refractivity contribution >= 4 is 21.8 Å². The van der Waals surface area contributed by atoms with Gasteiger partial charge in [0, 0.05) is 23.6 Å². The van der Waals surface area contributed by atoms with Crippen LogP contribution in [0.25, 0.3) is 0 Å². The number of nitrogens with zero attached hydrogens (tertiary/aromatic N) is 1. The lowest BCUT2D eigenvalue weighted by molar-refractivity contribution is -0.130. The molecule has 1 amide bonds. The summed E-state index contributed by atoms with van der Waals surface area (Å²) in [5.74, 6) is 0.222. The van der Waals surface area contributed by atoms with E-state index in [0.29, 0.717) is 12.6 Å². The Morgan fingerprint density at radius 1 is 1.44 bits per heavy atom. The van der Waals surface area contributed by atoms with Crippen LogP contribution < -0.4 is 5.32 Å². The molecule has 1 saturated heterocycles. The molecule has 3 nitrogen and oxygen atoms in total. The summed E-state index contributed by atoms with van der Waals surface area (Å²) in [4.78, 5) is 14.1. The molecule has 1 aliphatic rings. The van der Waals surface area contributed by atoms with Gasteiger partial charge < -0.3 is 10.2 Å². The van der Waals surface area contributed by atoms with E-state index in [9.17, 15) is 4.79 Å². The second-order valence-electron chi connectivity index (χ2n) is 5.01. The first-order chi connectivity index (χ1) is 8.58. The highest BCUT2D eigenvalue weighted by Crippen LogP contribution is 2.21. The summed E-state index contributed by atoms with van der Waals surface area (Å²) in [7, 11) is 0. The third kappa shape index (κ3) is 3.12. The second kappa shape index (κ2) is 5.85. The Hall–Kier alpha value is -0.870. The van der Waals surface area contributed by atoms with Crippen LogP contribution in [0.4, 0.5) is 0 Å². The molecule has 0 saturated carbocycles. The van der Waals surface area contributed by atoms with Gasteiger partial charge in [-0.3, -0.25) is 4.79 Å². The average Bonchev–Trinajstić information content (AvgIpc) is 2.64. The monoisotopic (exact) mass is 310 g/mol. The normalized spacial score (nSPS) is 19.9. The van der Waals surface area contributed by atoms with Gasteiger partial charge in [0.25, 0.3) is 0 Å². The van der Waals surface area contributed by atoms with Crippen LogP contribution in [0.3, 0.4) is 0 Å². The van der Waals surface area contributed by atoms with Crippen LogP contribution in [0.5, 0.6) is 0 Å². The van der Waals surface area contributed by atoms with E-state index < -0.39 is 0 Å². The molecule has 4 heteroatoms. The zero-order chi connectivity index (χ0) is 13.1. The van der Waals surface area contributed by atoms with Gasteiger partial charge in [-0.2, -0.15) is 0 Å². The topological polar surface area (TPSA) is 32.3 Å². The van der Waals surface area contributed by atoms with Crippen LogP contribution in [0.1, 0.15) is 25.8 Å². The van der Waals surface area contributed by atoms with E-state index in [4.69, 9.17) is 0 Å². The Labute approximate surface area is 117 Å². The third-order valence-electron chi connectivity index (χ3n) is 3.15. The highest BCUT2D eigenvalue weighted by Gasteiger charge is 2.31. The van der Waals surface area contributed by atoms with E-state index in [2.05, 4.69) is 41.2 Å². The standard InChI is InChI=1S/C14H19BrN2O/c1-10(2)16-13-7-8-17(14(13)18)9-11-5-3-4-6-12(11)15/h3-6,10,13,16H,7-9H2,1-2H3. The number of carbonyl (C=O) groups excluding carboxylic acids is 1. The van der Waals surface area contributed by atoms with Gasteiger partial charge in [0.05, 0.1) is 6.04 Å². The van der Waals surface area contributed by atoms with Gasteiger partial charge in [0.15, 0.2) is 0 Å². The van der Waals surface area contributed by atoms with Gasteiger partial charge in [-0.1, -0.05) is 48.0 Å². The molecule has 1 atom stereocenters. The average molecular weight is 311 g/mol. The van der Waals surface area contributed by atoms with Crippen LogP contribution in [-0.2, 0) is 11.3 Å². The lowest BCUT2D eigenvalue weighted by Gasteiger charge is -2.19. The fraction of sp³-hybridized carbons (Fsp3) is 0.500. The minimum absolute atomic E-state index is 0.00696. The van der Waals surface area contributed by atoms with Gasteiger partial charge >= 0.3 is 0 Å². The Bertz CT molecular complexity index is 434. The van der Waals surface area contributed by atoms with E-state index >= 15 is 0 Å². The number of rotatable bonds is 4. The SMILES string of the molecule is CC(C)NC1CCN(Cc2ccccc2Br)C1=O. The van der Waals surface area contributed by atoms with Crippen molar-refractivity contribution in [1.82, 2.24) is 10.2 Å². The lowest BCUT2D eigenvalue weighted by Crippen LogP contribution is -2.41. The first kappa shape index (κ1) is 13.6. The zero-order valence-electron chi connectivity index (χ0n) is 10.8. The number of carbonyl (C=O) groups is 1. The highest BCUT2D eigenvalue weighted by atomic mass is 79.9. The van der Waals surface area contributed by atoms with E-state index in [1.165, 1.54) is 0 Å². The fourth-order valence-corrected chi connectivity index (χ4v) is 2.70. The van der Waals surface area contributed by atoms with Crippen molar-refractivity contribution in [2.75, 3.05) is 6.54 Å². The van der Waals surface area contributed by atoms with E-state index in [1.807, 2.05) is 23.1 Å². The maximum absolute atomic E-state index is 12.2. The van der Waals surface area contributed by atoms with E-state index in [-0.39, 0.29) is 11.9 Å². The van der Waals surface area contributed by atoms with Crippen molar-refractivity contribution in [1.29, 1.82) is 0 Å². The molecule has 0 spiro atoms. The summed E-state index contributed by atoms with van der Waals surface area (Å²) < 4.78 is 1.07. The lowest BCUT2D eigenvalue weighted by atomic mass is 10.2. The Morgan fingerprint density at radius 2 is 2.17 bits per heavy atom. The summed E-state index contributed by atoms with van der Waals surface area (Å²) in [6.45, 7) is 5.68. The summed E-state index contributed by atoms with van der Waals surface area (Å²) >= 11 is 3.53. The summed E-state index contributed by atoms with van der Waals surface area (Å²) in [5.41, 5.74) is 1.16. The predicted molar refractivity (Wildman–Crippen MR) is 76.2 cm³/mol. The van der Waals surface area contributed by atoms with Gasteiger partial charge in [-0.25, -0.2) is 0 Å². The number of hydrogen-bond acceptors (Lipinski definition) is 2. The molecule has 98 valence electrons. The van der Waals surface area contributed by atoms with Gasteiger partial charge in [-0.15, -0.1) is 0 Å². The molecule has 0 aliphatic carbocycles. The van der Waals surface area contributed by atoms with Crippen molar-refractivity contribution in [3.63, 3.8) is 0 Å². The van der Waals surface area contributed by atoms with Crippen LogP contribution in [-0.4, -0.2) is 29.4 Å². The molecular weight excluding hydrogens is 292 g/mol. The maximum Gasteiger partial charge on any atom is 0.240 e. The van der Waals surface area contributed by atoms with Crippen molar-refractivity contribution in [2.45, 2.75) is 38.9 Å². The molecule has 1 N–H and O–H groups in total. The number of amides is 1. The molecule has 0 radical (unpaired) electrons. The van der Waals surface area contributed by atoms with Crippen LogP contribution >= 0.6 is 15.9 Å². The molecular formula is C14H19BrN2O. The predicted octanol–water partition coefficient (Wildman–Crippen LogP) is 2.55. The Balaban J connectivity index is 2.00. The summed E-state index contributed by atoms with van der Waals surface area (Å²) in [6, 6.07) is 8.41. The second-order valence-corrected chi connectivity index (χ2v) is 5.87. The summed E-state index contributed by atoms with van der Waals surface area (Å²) in [5, 5.41) is 3.32. The van der Waals surface area contributed by atoms with Crippen molar-refractivity contribution < 1.29 is 4.79 Å². The highest BCUT2D eigenvalue weighted by molar-refractivity contribution is 9.10. The third-order valence-corrected chi connectivity index (χ3v) is 3.92. The Kier molecular flexibility index (Phi) is 4.40. The molecule has 1 heterocycles. The number of hydrogen-bond donors (Lipinski definition) is 1. The maximum atomic E-state index is 12.2. The number of halogens is 1. The van der Waals surface area contributed by atoms with Crippen molar-refractivity contribution in [2.24, 2.45) is 0 Å². The molecule has 2 rings (SSSR count). The summed E-state index contributed by atoms with van der Waals surface area (Å²) in [6.07, 6.45) is 0.904. The molecule has 1 unspecified atom stereocenters. The molecule has 18 heavy (non-hydrogen) atoms. The van der Waals surface area contributed by atoms with Crippen LogP contribution in [0.2, 0.25) is 0 Å². The first-order valence-corrected chi connectivity index (χ1v) is 7.15. The van der Waals surface area contributed by atoms with Crippen LogP contribution in [0.15, 0.2) is 28.7 Å². The first-order valence-electron chi connectivity index (χ1n) is 6.36. The molecule has 0 bridgehead atoms. The van der Waals surface area contributed by atoms with Crippen molar-refractivity contribution in [3.8, 4) is 0 Å². The minimum atomic E-state index is -0.00696. The quantitative estimate of drug-likeness (QED) is 0.927. The van der Waals surface area contributed by atoms with Crippen LogP contribution in [0, 0.1) is 0 Å². The number of benzene rings is 1. The molecule has 1 aromatic carbocycles. The van der Waals surface area contributed by atoms with Gasteiger partial charge in [0.1, 0.15) is 0 Å². The number of likely N-dealkylation sites (tertiary alicyclic amines) is 1. The van der Waals surface area contributed by atoms with Crippen molar-refractivity contribution in [3.05, 3.63) is 34.3 Å². The largest absolute Gasteiger partial charge is 0.337 e. The van der Waals surface area contributed by atoms with E-state index in [0.717, 1.165) is 23.0 Å². The molecule has 1 aromatic rings. The smallest absolute Gasteiger partial charge is 0.240 e. The zero-order valence-corrected chi connectivity index (χ0v) is 12.4. The van der Waals surface area contributed by atoms with Gasteiger partial charge in [0.2, 0.25) is 5.91 Å². The minimum Gasteiger partial charge on any atom is -0.337 e. The fourth-order valence-electron chi connectivity index (χ4n) is 2.29. The number of nitrogens with one attached hydrogen (secondary N) is 1. The molecule has 1 aliphatic heterocycles. The molecule has 1 fully saturated rings. The Morgan fingerprint density at radius 3 is 2.83 bits per heavy atom. The van der Waals surface area contributed by atoms with E-state index in [1.54, 1.807) is 0 Å². The van der Waals surface area contributed by atoms with Gasteiger partial charge in [-0.05, 0) is 18.1 Å². The molecule has 0 aromatic heterocycles.